The smallest absolute Gasteiger partial charge is 0.251 e. The van der Waals surface area contributed by atoms with Gasteiger partial charge in [0, 0.05) is 19.2 Å². The summed E-state index contributed by atoms with van der Waals surface area (Å²) in [5, 5.41) is 2.64. The normalized spacial score (nSPS) is 23.0. The summed E-state index contributed by atoms with van der Waals surface area (Å²) in [6, 6.07) is 2.82. The van der Waals surface area contributed by atoms with E-state index in [1.807, 2.05) is 0 Å². The fourth-order valence-corrected chi connectivity index (χ4v) is 3.64. The number of amides is 4. The maximum absolute atomic E-state index is 13.1. The van der Waals surface area contributed by atoms with Crippen molar-refractivity contribution in [3.63, 3.8) is 0 Å². The zero-order chi connectivity index (χ0) is 19.6. The number of aromatic nitrogens is 1. The van der Waals surface area contributed by atoms with Gasteiger partial charge in [-0.1, -0.05) is 6.07 Å². The van der Waals surface area contributed by atoms with Gasteiger partial charge in [-0.3, -0.25) is 24.1 Å². The minimum absolute atomic E-state index is 0.193. The van der Waals surface area contributed by atoms with E-state index in [0.29, 0.717) is 31.6 Å². The topological polar surface area (TPSA) is 126 Å². The van der Waals surface area contributed by atoms with Crippen molar-refractivity contribution in [3.8, 4) is 0 Å². The minimum Gasteiger partial charge on any atom is -0.368 e. The van der Waals surface area contributed by atoms with Crippen LogP contribution >= 0.6 is 0 Å². The van der Waals surface area contributed by atoms with Gasteiger partial charge >= 0.3 is 0 Å². The fraction of sp³-hybridized carbons (Fsp3) is 0.500. The minimum atomic E-state index is -0.884. The number of primary amides is 1. The van der Waals surface area contributed by atoms with E-state index in [-0.39, 0.29) is 18.2 Å². The number of carbonyl (C=O) groups is 4. The lowest BCUT2D eigenvalue weighted by Gasteiger charge is -2.33. The zero-order valence-corrected chi connectivity index (χ0v) is 15.1. The van der Waals surface area contributed by atoms with Crippen molar-refractivity contribution in [2.75, 3.05) is 11.4 Å². The average molecular weight is 373 g/mol. The molecule has 0 unspecified atom stereocenters. The first kappa shape index (κ1) is 18.8. The fourth-order valence-electron chi connectivity index (χ4n) is 3.64. The number of hydrogen-bond donors (Lipinski definition) is 2. The Morgan fingerprint density at radius 3 is 2.70 bits per heavy atom. The summed E-state index contributed by atoms with van der Waals surface area (Å²) in [6.45, 7) is 2.02. The number of nitrogens with one attached hydrogen (secondary N) is 1. The van der Waals surface area contributed by atoms with Crippen molar-refractivity contribution in [1.29, 1.82) is 0 Å². The van der Waals surface area contributed by atoms with Gasteiger partial charge in [-0.15, -0.1) is 0 Å². The molecule has 3 rings (SSSR count). The first-order valence-corrected chi connectivity index (χ1v) is 9.03. The van der Waals surface area contributed by atoms with E-state index in [2.05, 4.69) is 10.3 Å². The highest BCUT2D eigenvalue weighted by atomic mass is 16.2. The molecule has 144 valence electrons. The van der Waals surface area contributed by atoms with Crippen molar-refractivity contribution in [2.24, 2.45) is 5.73 Å². The SMILES string of the molecule is C[C@@H](C(=O)N1CCC[C@H]1C(N)=O)N(C(=O)[C@@H]1CCC(=O)N1)c1ccccn1. The van der Waals surface area contributed by atoms with E-state index < -0.39 is 29.9 Å². The number of pyridine rings is 1. The van der Waals surface area contributed by atoms with E-state index >= 15 is 0 Å². The molecule has 2 aliphatic rings. The summed E-state index contributed by atoms with van der Waals surface area (Å²) in [4.78, 5) is 56.3. The molecular formula is C18H23N5O4. The summed E-state index contributed by atoms with van der Waals surface area (Å²) >= 11 is 0. The Labute approximate surface area is 156 Å². The highest BCUT2D eigenvalue weighted by molar-refractivity contribution is 6.05. The molecule has 4 amide bonds. The maximum Gasteiger partial charge on any atom is 0.251 e. The highest BCUT2D eigenvalue weighted by Gasteiger charge is 2.41. The molecule has 0 bridgehead atoms. The predicted molar refractivity (Wildman–Crippen MR) is 96.3 cm³/mol. The Bertz CT molecular complexity index is 753. The molecule has 0 radical (unpaired) electrons. The summed E-state index contributed by atoms with van der Waals surface area (Å²) in [6.07, 6.45) is 3.37. The molecule has 9 heteroatoms. The largest absolute Gasteiger partial charge is 0.368 e. The van der Waals surface area contributed by atoms with Crippen LogP contribution < -0.4 is 16.0 Å². The molecule has 0 spiro atoms. The van der Waals surface area contributed by atoms with Crippen LogP contribution in [0.5, 0.6) is 0 Å². The maximum atomic E-state index is 13.1. The second-order valence-electron chi connectivity index (χ2n) is 6.82. The molecule has 2 saturated heterocycles. The lowest BCUT2D eigenvalue weighted by molar-refractivity contribution is -0.139. The first-order chi connectivity index (χ1) is 12.9. The van der Waals surface area contributed by atoms with Gasteiger partial charge in [0.05, 0.1) is 0 Å². The van der Waals surface area contributed by atoms with Crippen LogP contribution in [0.2, 0.25) is 0 Å². The second-order valence-corrected chi connectivity index (χ2v) is 6.82. The van der Waals surface area contributed by atoms with Crippen LogP contribution in [0.3, 0.4) is 0 Å². The molecule has 0 aromatic carbocycles. The van der Waals surface area contributed by atoms with E-state index in [0.717, 1.165) is 0 Å². The molecule has 3 N–H and O–H groups in total. The lowest BCUT2D eigenvalue weighted by Crippen LogP contribution is -2.56. The quantitative estimate of drug-likeness (QED) is 0.724. The third kappa shape index (κ3) is 3.76. The molecular weight excluding hydrogens is 350 g/mol. The molecule has 2 fully saturated rings. The predicted octanol–water partition coefficient (Wildman–Crippen LogP) is -0.442. The highest BCUT2D eigenvalue weighted by Crippen LogP contribution is 2.23. The van der Waals surface area contributed by atoms with E-state index in [9.17, 15) is 19.2 Å². The number of nitrogens with zero attached hydrogens (tertiary/aromatic N) is 3. The lowest BCUT2D eigenvalue weighted by atomic mass is 10.1. The number of carbonyl (C=O) groups excluding carboxylic acids is 4. The molecule has 2 aliphatic heterocycles. The molecule has 0 aliphatic carbocycles. The molecule has 0 saturated carbocycles. The summed E-state index contributed by atoms with van der Waals surface area (Å²) in [7, 11) is 0. The van der Waals surface area contributed by atoms with Gasteiger partial charge in [0.1, 0.15) is 23.9 Å². The van der Waals surface area contributed by atoms with Gasteiger partial charge in [-0.05, 0) is 38.3 Å². The molecule has 1 aromatic rings. The van der Waals surface area contributed by atoms with E-state index in [1.165, 1.54) is 16.0 Å². The second kappa shape index (κ2) is 7.73. The summed E-state index contributed by atoms with van der Waals surface area (Å²) in [5.41, 5.74) is 5.41. The number of nitrogens with two attached hydrogens (primary N) is 1. The number of likely N-dealkylation sites (tertiary alicyclic amines) is 1. The molecule has 3 atom stereocenters. The number of hydrogen-bond acceptors (Lipinski definition) is 5. The van der Waals surface area contributed by atoms with Crippen LogP contribution in [0, 0.1) is 0 Å². The van der Waals surface area contributed by atoms with E-state index in [1.54, 1.807) is 25.1 Å². The Hall–Kier alpha value is -2.97. The Balaban J connectivity index is 1.88. The van der Waals surface area contributed by atoms with Crippen LogP contribution in [-0.4, -0.2) is 58.2 Å². The Morgan fingerprint density at radius 2 is 2.11 bits per heavy atom. The van der Waals surface area contributed by atoms with E-state index in [4.69, 9.17) is 5.73 Å². The van der Waals surface area contributed by atoms with Gasteiger partial charge in [-0.25, -0.2) is 4.98 Å². The van der Waals surface area contributed by atoms with Gasteiger partial charge in [0.25, 0.3) is 5.91 Å². The van der Waals surface area contributed by atoms with Gasteiger partial charge < -0.3 is 16.0 Å². The summed E-state index contributed by atoms with van der Waals surface area (Å²) < 4.78 is 0. The van der Waals surface area contributed by atoms with Crippen molar-refractivity contribution < 1.29 is 19.2 Å². The standard InChI is InChI=1S/C18H23N5O4/c1-11(17(26)22-10-4-5-13(22)16(19)25)23(14-6-2-3-9-20-14)18(27)12-7-8-15(24)21-12/h2-3,6,9,11-13H,4-5,7-8,10H2,1H3,(H2,19,25)(H,21,24)/t11-,12-,13-/m0/s1. The van der Waals surface area contributed by atoms with Crippen LogP contribution in [0.15, 0.2) is 24.4 Å². The first-order valence-electron chi connectivity index (χ1n) is 9.03. The third-order valence-corrected chi connectivity index (χ3v) is 5.04. The third-order valence-electron chi connectivity index (χ3n) is 5.04. The molecule has 3 heterocycles. The molecule has 9 nitrogen and oxygen atoms in total. The number of anilines is 1. The Morgan fingerprint density at radius 1 is 1.33 bits per heavy atom. The van der Waals surface area contributed by atoms with Crippen LogP contribution in [0.4, 0.5) is 5.82 Å². The monoisotopic (exact) mass is 373 g/mol. The van der Waals surface area contributed by atoms with Crippen molar-refractivity contribution in [3.05, 3.63) is 24.4 Å². The molecule has 27 heavy (non-hydrogen) atoms. The van der Waals surface area contributed by atoms with Crippen LogP contribution in [0.25, 0.3) is 0 Å². The number of rotatable bonds is 5. The van der Waals surface area contributed by atoms with Crippen molar-refractivity contribution in [2.45, 2.75) is 50.7 Å². The van der Waals surface area contributed by atoms with Crippen molar-refractivity contribution in [1.82, 2.24) is 15.2 Å². The van der Waals surface area contributed by atoms with Gasteiger partial charge in [-0.2, -0.15) is 0 Å². The molecule has 1 aromatic heterocycles. The van der Waals surface area contributed by atoms with Gasteiger partial charge in [0.2, 0.25) is 17.7 Å². The summed E-state index contributed by atoms with van der Waals surface area (Å²) in [5.74, 6) is -1.18. The van der Waals surface area contributed by atoms with Crippen molar-refractivity contribution >= 4 is 29.4 Å². The van der Waals surface area contributed by atoms with Crippen LogP contribution in [-0.2, 0) is 19.2 Å². The average Bonchev–Trinajstić information content (AvgIpc) is 3.31. The zero-order valence-electron chi connectivity index (χ0n) is 15.1. The van der Waals surface area contributed by atoms with Gasteiger partial charge in [0.15, 0.2) is 0 Å². The Kier molecular flexibility index (Phi) is 5.38. The van der Waals surface area contributed by atoms with Crippen LogP contribution in [0.1, 0.15) is 32.6 Å².